The quantitative estimate of drug-likeness (QED) is 0.828. The van der Waals surface area contributed by atoms with Crippen molar-refractivity contribution >= 4 is 15.7 Å². The first-order chi connectivity index (χ1) is 9.94. The molecule has 21 heavy (non-hydrogen) atoms. The van der Waals surface area contributed by atoms with Gasteiger partial charge in [-0.05, 0) is 42.7 Å². The van der Waals surface area contributed by atoms with Crippen LogP contribution in [-0.2, 0) is 23.0 Å². The molecule has 0 spiro atoms. The molecule has 0 aliphatic carbocycles. The molecule has 1 aromatic carbocycles. The number of benzene rings is 1. The van der Waals surface area contributed by atoms with Gasteiger partial charge in [0, 0.05) is 6.20 Å². The summed E-state index contributed by atoms with van der Waals surface area (Å²) in [6.07, 6.45) is 2.46. The minimum Gasteiger partial charge on any atom is -0.398 e. The first-order valence-corrected chi connectivity index (χ1v) is 8.21. The van der Waals surface area contributed by atoms with Crippen molar-refractivity contribution in [1.82, 2.24) is 9.71 Å². The lowest BCUT2D eigenvalue weighted by Gasteiger charge is -2.11. The highest BCUT2D eigenvalue weighted by molar-refractivity contribution is 7.89. The van der Waals surface area contributed by atoms with Crippen LogP contribution in [0.2, 0.25) is 0 Å². The van der Waals surface area contributed by atoms with Gasteiger partial charge in [0.05, 0.1) is 17.9 Å². The number of aromatic nitrogens is 1. The minimum atomic E-state index is -3.65. The van der Waals surface area contributed by atoms with Gasteiger partial charge in [0.2, 0.25) is 10.0 Å². The van der Waals surface area contributed by atoms with E-state index < -0.39 is 10.0 Å². The van der Waals surface area contributed by atoms with Gasteiger partial charge >= 0.3 is 0 Å². The fourth-order valence-corrected chi connectivity index (χ4v) is 3.20. The summed E-state index contributed by atoms with van der Waals surface area (Å²) < 4.78 is 27.2. The number of aryl methyl sites for hydroxylation is 2. The molecule has 2 aromatic rings. The molecular weight excluding hydrogens is 286 g/mol. The summed E-state index contributed by atoms with van der Waals surface area (Å²) in [4.78, 5) is 4.32. The van der Waals surface area contributed by atoms with E-state index in [0.29, 0.717) is 0 Å². The van der Waals surface area contributed by atoms with Crippen molar-refractivity contribution in [2.45, 2.75) is 31.7 Å². The molecule has 3 N–H and O–H groups in total. The summed E-state index contributed by atoms with van der Waals surface area (Å²) in [5, 5.41) is 0. The van der Waals surface area contributed by atoms with Crippen LogP contribution in [0.25, 0.3) is 0 Å². The van der Waals surface area contributed by atoms with Crippen molar-refractivity contribution in [3.63, 3.8) is 0 Å². The number of rotatable bonds is 5. The topological polar surface area (TPSA) is 85.1 Å². The summed E-state index contributed by atoms with van der Waals surface area (Å²) in [6.45, 7) is 4.02. The number of nitrogens with zero attached hydrogens (tertiary/aromatic N) is 1. The Morgan fingerprint density at radius 3 is 2.71 bits per heavy atom. The molecule has 0 saturated heterocycles. The van der Waals surface area contributed by atoms with Crippen molar-refractivity contribution in [2.75, 3.05) is 5.73 Å². The Kier molecular flexibility index (Phi) is 4.59. The largest absolute Gasteiger partial charge is 0.398 e. The van der Waals surface area contributed by atoms with E-state index >= 15 is 0 Å². The average Bonchev–Trinajstić information content (AvgIpc) is 2.45. The van der Waals surface area contributed by atoms with Gasteiger partial charge in [0.1, 0.15) is 4.90 Å². The first-order valence-electron chi connectivity index (χ1n) is 6.72. The standard InChI is InChI=1S/C15H19N3O2S/c1-3-12-5-4-8-17-14(12)10-18-21(19,20)15-7-6-11(2)9-13(15)16/h4-9,18H,3,10,16H2,1-2H3. The van der Waals surface area contributed by atoms with Gasteiger partial charge in [0.15, 0.2) is 0 Å². The predicted molar refractivity (Wildman–Crippen MR) is 83.2 cm³/mol. The zero-order valence-corrected chi connectivity index (χ0v) is 12.9. The zero-order chi connectivity index (χ0) is 15.5. The van der Waals surface area contributed by atoms with Crippen LogP contribution in [0.4, 0.5) is 5.69 Å². The third kappa shape index (κ3) is 3.59. The summed E-state index contributed by atoms with van der Waals surface area (Å²) >= 11 is 0. The van der Waals surface area contributed by atoms with Crippen molar-refractivity contribution in [1.29, 1.82) is 0 Å². The van der Waals surface area contributed by atoms with Crippen LogP contribution in [0.5, 0.6) is 0 Å². The van der Waals surface area contributed by atoms with Crippen molar-refractivity contribution in [3.8, 4) is 0 Å². The first kappa shape index (κ1) is 15.5. The van der Waals surface area contributed by atoms with Crippen LogP contribution in [0.15, 0.2) is 41.4 Å². The molecule has 2 rings (SSSR count). The Hall–Kier alpha value is -1.92. The van der Waals surface area contributed by atoms with Crippen LogP contribution >= 0.6 is 0 Å². The molecule has 1 heterocycles. The molecule has 6 heteroatoms. The Balaban J connectivity index is 2.22. The van der Waals surface area contributed by atoms with Crippen molar-refractivity contribution in [2.24, 2.45) is 0 Å². The summed E-state index contributed by atoms with van der Waals surface area (Å²) in [6, 6.07) is 8.67. The summed E-state index contributed by atoms with van der Waals surface area (Å²) in [5.74, 6) is 0. The highest BCUT2D eigenvalue weighted by atomic mass is 32.2. The zero-order valence-electron chi connectivity index (χ0n) is 12.1. The third-order valence-corrected chi connectivity index (χ3v) is 4.73. The van der Waals surface area contributed by atoms with Crippen LogP contribution in [-0.4, -0.2) is 13.4 Å². The molecule has 0 aliphatic rings. The third-order valence-electron chi connectivity index (χ3n) is 3.25. The summed E-state index contributed by atoms with van der Waals surface area (Å²) in [5.41, 5.74) is 8.72. The smallest absolute Gasteiger partial charge is 0.242 e. The molecule has 0 bridgehead atoms. The predicted octanol–water partition coefficient (Wildman–Crippen LogP) is 2.01. The maximum atomic E-state index is 12.3. The Labute approximate surface area is 125 Å². The van der Waals surface area contributed by atoms with E-state index in [2.05, 4.69) is 9.71 Å². The second-order valence-corrected chi connectivity index (χ2v) is 6.56. The minimum absolute atomic E-state index is 0.0991. The maximum absolute atomic E-state index is 12.3. The van der Waals surface area contributed by atoms with E-state index in [1.165, 1.54) is 6.07 Å². The fraction of sp³-hybridized carbons (Fsp3) is 0.267. The Morgan fingerprint density at radius 1 is 1.29 bits per heavy atom. The number of nitrogens with one attached hydrogen (secondary N) is 1. The van der Waals surface area contributed by atoms with Crippen LogP contribution < -0.4 is 10.5 Å². The van der Waals surface area contributed by atoms with E-state index in [1.807, 2.05) is 26.0 Å². The van der Waals surface area contributed by atoms with Crippen LogP contribution in [0, 0.1) is 6.92 Å². The van der Waals surface area contributed by atoms with Gasteiger partial charge in [-0.1, -0.05) is 19.1 Å². The van der Waals surface area contributed by atoms with Crippen LogP contribution in [0.3, 0.4) is 0 Å². The van der Waals surface area contributed by atoms with E-state index in [-0.39, 0.29) is 17.1 Å². The van der Waals surface area contributed by atoms with E-state index in [1.54, 1.807) is 18.3 Å². The Morgan fingerprint density at radius 2 is 2.05 bits per heavy atom. The molecule has 112 valence electrons. The second kappa shape index (κ2) is 6.24. The lowest BCUT2D eigenvalue weighted by Crippen LogP contribution is -2.25. The SMILES string of the molecule is CCc1cccnc1CNS(=O)(=O)c1ccc(C)cc1N. The number of nitrogen functional groups attached to an aromatic ring is 1. The number of anilines is 1. The number of nitrogens with two attached hydrogens (primary N) is 1. The average molecular weight is 305 g/mol. The summed E-state index contributed by atoms with van der Waals surface area (Å²) in [7, 11) is -3.65. The van der Waals surface area contributed by atoms with Crippen LogP contribution in [0.1, 0.15) is 23.7 Å². The molecule has 0 radical (unpaired) electrons. The van der Waals surface area contributed by atoms with Crippen molar-refractivity contribution < 1.29 is 8.42 Å². The monoisotopic (exact) mass is 305 g/mol. The van der Waals surface area contributed by atoms with Gasteiger partial charge in [-0.25, -0.2) is 13.1 Å². The molecule has 0 fully saturated rings. The molecule has 1 aromatic heterocycles. The fourth-order valence-electron chi connectivity index (χ4n) is 2.11. The van der Waals surface area contributed by atoms with Gasteiger partial charge in [-0.2, -0.15) is 0 Å². The normalized spacial score (nSPS) is 11.5. The molecular formula is C15H19N3O2S. The highest BCUT2D eigenvalue weighted by Crippen LogP contribution is 2.19. The van der Waals surface area contributed by atoms with E-state index in [0.717, 1.165) is 23.2 Å². The molecule has 5 nitrogen and oxygen atoms in total. The van der Waals surface area contributed by atoms with Gasteiger partial charge < -0.3 is 5.73 Å². The lowest BCUT2D eigenvalue weighted by molar-refractivity contribution is 0.580. The number of sulfonamides is 1. The van der Waals surface area contributed by atoms with Gasteiger partial charge in [-0.15, -0.1) is 0 Å². The molecule has 0 saturated carbocycles. The molecule has 0 unspecified atom stereocenters. The molecule has 0 atom stereocenters. The second-order valence-electron chi connectivity index (χ2n) is 4.83. The highest BCUT2D eigenvalue weighted by Gasteiger charge is 2.17. The molecule has 0 amide bonds. The van der Waals surface area contributed by atoms with Crippen molar-refractivity contribution in [3.05, 3.63) is 53.3 Å². The molecule has 0 aliphatic heterocycles. The Bertz CT molecular complexity index is 742. The number of pyridine rings is 1. The van der Waals surface area contributed by atoms with E-state index in [4.69, 9.17) is 5.73 Å². The van der Waals surface area contributed by atoms with E-state index in [9.17, 15) is 8.42 Å². The van der Waals surface area contributed by atoms with Gasteiger partial charge in [0.25, 0.3) is 0 Å². The lowest BCUT2D eigenvalue weighted by atomic mass is 10.1. The number of hydrogen-bond acceptors (Lipinski definition) is 4. The maximum Gasteiger partial charge on any atom is 0.242 e. The number of hydrogen-bond donors (Lipinski definition) is 2. The van der Waals surface area contributed by atoms with Gasteiger partial charge in [-0.3, -0.25) is 4.98 Å².